The van der Waals surface area contributed by atoms with Gasteiger partial charge in [-0.2, -0.15) is 5.26 Å². The molecule has 1 aromatic carbocycles. The van der Waals surface area contributed by atoms with Gasteiger partial charge in [0.25, 0.3) is 11.5 Å². The van der Waals surface area contributed by atoms with Gasteiger partial charge in [-0.25, -0.2) is 0 Å². The van der Waals surface area contributed by atoms with E-state index in [2.05, 4.69) is 16.0 Å². The Balaban J connectivity index is 1.95. The Morgan fingerprint density at radius 3 is 2.56 bits per heavy atom. The average molecular weight is 532 g/mol. The fourth-order valence-corrected chi connectivity index (χ4v) is 5.07. The van der Waals surface area contributed by atoms with E-state index in [4.69, 9.17) is 11.6 Å². The monoisotopic (exact) mass is 531 g/mol. The molecule has 0 saturated heterocycles. The van der Waals surface area contributed by atoms with E-state index >= 15 is 0 Å². The van der Waals surface area contributed by atoms with Crippen LogP contribution in [-0.4, -0.2) is 33.6 Å². The average Bonchev–Trinajstić information content (AvgIpc) is 3.34. The van der Waals surface area contributed by atoms with E-state index in [-0.39, 0.29) is 32.8 Å². The summed E-state index contributed by atoms with van der Waals surface area (Å²) in [5, 5.41) is 28.7. The Morgan fingerprint density at radius 1 is 1.28 bits per heavy atom. The third-order valence-electron chi connectivity index (χ3n) is 5.78. The first kappa shape index (κ1) is 27.5. The molecular formula is C25H30ClN5O4S. The van der Waals surface area contributed by atoms with Crippen LogP contribution in [0.1, 0.15) is 47.0 Å². The molecule has 1 saturated carbocycles. The molecule has 0 spiro atoms. The molecule has 2 amide bonds. The molecule has 2 aromatic rings. The normalized spacial score (nSPS) is 19.0. The number of aliphatic hydroxyl groups is 1. The first-order valence-corrected chi connectivity index (χ1v) is 12.9. The molecule has 1 aliphatic rings. The van der Waals surface area contributed by atoms with Crippen LogP contribution >= 0.6 is 22.9 Å². The molecular weight excluding hydrogens is 502 g/mol. The van der Waals surface area contributed by atoms with Crippen molar-refractivity contribution < 1.29 is 14.7 Å². The maximum atomic E-state index is 13.0. The molecule has 1 aliphatic carbocycles. The van der Waals surface area contributed by atoms with Crippen LogP contribution in [0.15, 0.2) is 23.0 Å². The number of aromatic nitrogens is 1. The topological polar surface area (TPSA) is 136 Å². The van der Waals surface area contributed by atoms with Gasteiger partial charge in [-0.15, -0.1) is 11.3 Å². The second kappa shape index (κ2) is 11.3. The van der Waals surface area contributed by atoms with Gasteiger partial charge in [0.1, 0.15) is 15.3 Å². The van der Waals surface area contributed by atoms with Crippen molar-refractivity contribution in [3.8, 4) is 6.07 Å². The summed E-state index contributed by atoms with van der Waals surface area (Å²) in [7, 11) is 0. The van der Waals surface area contributed by atoms with E-state index in [1.54, 1.807) is 45.9 Å². The van der Waals surface area contributed by atoms with E-state index in [0.717, 1.165) is 17.8 Å². The Labute approximate surface area is 218 Å². The van der Waals surface area contributed by atoms with Crippen LogP contribution < -0.4 is 30.7 Å². The third kappa shape index (κ3) is 6.35. The molecule has 0 radical (unpaired) electrons. The molecule has 4 N–H and O–H groups in total. The highest BCUT2D eigenvalue weighted by molar-refractivity contribution is 7.07. The van der Waals surface area contributed by atoms with Gasteiger partial charge in [-0.05, 0) is 44.4 Å². The first-order chi connectivity index (χ1) is 16.9. The largest absolute Gasteiger partial charge is 0.391 e. The van der Waals surface area contributed by atoms with Crippen LogP contribution in [0.25, 0.3) is 11.8 Å². The van der Waals surface area contributed by atoms with Gasteiger partial charge in [0.15, 0.2) is 5.57 Å². The Hall–Kier alpha value is -3.13. The SMILES string of the molecule is CCn1c(=C(C#N)C(=O)N[C@H]2CCC[C@@H]2O)sc(=CNc2cc(Cl)cc(NC(=O)C(C)(C)C)c2)c1=O. The smallest absolute Gasteiger partial charge is 0.270 e. The fraction of sp³-hybridized carbons (Fsp3) is 0.440. The van der Waals surface area contributed by atoms with Gasteiger partial charge in [0, 0.05) is 34.6 Å². The number of aliphatic hydroxyl groups excluding tert-OH is 1. The summed E-state index contributed by atoms with van der Waals surface area (Å²) in [6.45, 7) is 7.42. The summed E-state index contributed by atoms with van der Waals surface area (Å²) in [5.74, 6) is -0.781. The van der Waals surface area contributed by atoms with Crippen LogP contribution in [0.5, 0.6) is 0 Å². The maximum absolute atomic E-state index is 13.0. The maximum Gasteiger partial charge on any atom is 0.270 e. The number of anilines is 2. The van der Waals surface area contributed by atoms with E-state index in [1.165, 1.54) is 10.8 Å². The van der Waals surface area contributed by atoms with Crippen molar-refractivity contribution in [2.24, 2.45) is 5.41 Å². The summed E-state index contributed by atoms with van der Waals surface area (Å²) in [4.78, 5) is 38.1. The lowest BCUT2D eigenvalue weighted by Gasteiger charge is -2.18. The molecule has 192 valence electrons. The second-order valence-electron chi connectivity index (χ2n) is 9.61. The van der Waals surface area contributed by atoms with Crippen molar-refractivity contribution >= 4 is 57.9 Å². The molecule has 0 bridgehead atoms. The predicted octanol–water partition coefficient (Wildman–Crippen LogP) is 2.12. The quantitative estimate of drug-likeness (QED) is 0.451. The molecule has 2 atom stereocenters. The molecule has 3 rings (SSSR count). The fourth-order valence-electron chi connectivity index (χ4n) is 3.75. The van der Waals surface area contributed by atoms with Crippen molar-refractivity contribution in [2.45, 2.75) is 65.6 Å². The van der Waals surface area contributed by atoms with E-state index in [0.29, 0.717) is 29.2 Å². The molecule has 0 aliphatic heterocycles. The van der Waals surface area contributed by atoms with Crippen molar-refractivity contribution in [3.63, 3.8) is 0 Å². The van der Waals surface area contributed by atoms with Crippen molar-refractivity contribution in [2.75, 3.05) is 10.6 Å². The number of hydrogen-bond acceptors (Lipinski definition) is 7. The van der Waals surface area contributed by atoms with Gasteiger partial charge in [0.2, 0.25) is 5.91 Å². The first-order valence-electron chi connectivity index (χ1n) is 11.7. The number of rotatable bonds is 6. The molecule has 36 heavy (non-hydrogen) atoms. The van der Waals surface area contributed by atoms with Gasteiger partial charge in [0.05, 0.1) is 12.1 Å². The highest BCUT2D eigenvalue weighted by atomic mass is 35.5. The molecule has 1 fully saturated rings. The lowest BCUT2D eigenvalue weighted by Crippen LogP contribution is -2.42. The lowest BCUT2D eigenvalue weighted by molar-refractivity contribution is -0.123. The third-order valence-corrected chi connectivity index (χ3v) is 7.13. The summed E-state index contributed by atoms with van der Waals surface area (Å²) >= 11 is 7.24. The number of thiazole rings is 1. The zero-order valence-electron chi connectivity index (χ0n) is 20.6. The predicted molar refractivity (Wildman–Crippen MR) is 142 cm³/mol. The van der Waals surface area contributed by atoms with Crippen LogP contribution in [0.2, 0.25) is 5.02 Å². The number of halogens is 1. The lowest BCUT2D eigenvalue weighted by atomic mass is 9.95. The number of hydrogen-bond donors (Lipinski definition) is 4. The standard InChI is InChI=1S/C25H30ClN5O4S/c1-5-31-22(34)20(36-23(31)17(12-27)21(33)30-18-7-6-8-19(18)32)13-28-15-9-14(26)10-16(11-15)29-24(35)25(2,3)4/h9-11,13,18-19,28,32H,5-8H2,1-4H3,(H,29,35)(H,30,33)/t18-,19-/m0/s1. The summed E-state index contributed by atoms with van der Waals surface area (Å²) in [6, 6.07) is 6.46. The van der Waals surface area contributed by atoms with Gasteiger partial charge >= 0.3 is 0 Å². The Bertz CT molecular complexity index is 1380. The van der Waals surface area contributed by atoms with Gasteiger partial charge in [-0.1, -0.05) is 32.4 Å². The zero-order chi connectivity index (χ0) is 26.6. The highest BCUT2D eigenvalue weighted by Crippen LogP contribution is 2.25. The summed E-state index contributed by atoms with van der Waals surface area (Å²) in [6.07, 6.45) is 2.87. The molecule has 1 heterocycles. The minimum absolute atomic E-state index is 0.170. The number of nitriles is 1. The zero-order valence-corrected chi connectivity index (χ0v) is 22.2. The number of carbonyl (C=O) groups excluding carboxylic acids is 2. The minimum atomic E-state index is -0.644. The number of nitrogens with zero attached hydrogens (tertiary/aromatic N) is 2. The van der Waals surface area contributed by atoms with E-state index in [1.807, 2.05) is 6.07 Å². The van der Waals surface area contributed by atoms with Crippen LogP contribution in [-0.2, 0) is 16.1 Å². The van der Waals surface area contributed by atoms with Crippen LogP contribution in [0.4, 0.5) is 11.4 Å². The van der Waals surface area contributed by atoms with Crippen molar-refractivity contribution in [1.29, 1.82) is 5.26 Å². The minimum Gasteiger partial charge on any atom is -0.391 e. The summed E-state index contributed by atoms with van der Waals surface area (Å²) < 4.78 is 1.90. The molecule has 0 unspecified atom stereocenters. The van der Waals surface area contributed by atoms with Crippen LogP contribution in [0, 0.1) is 16.7 Å². The van der Waals surface area contributed by atoms with E-state index in [9.17, 15) is 24.8 Å². The van der Waals surface area contributed by atoms with E-state index < -0.39 is 23.5 Å². The number of carbonyl (C=O) groups is 2. The molecule has 11 heteroatoms. The number of amides is 2. The van der Waals surface area contributed by atoms with Gasteiger partial charge < -0.3 is 21.1 Å². The highest BCUT2D eigenvalue weighted by Gasteiger charge is 2.28. The second-order valence-corrected chi connectivity index (χ2v) is 11.1. The molecule has 1 aromatic heterocycles. The Morgan fingerprint density at radius 2 is 1.97 bits per heavy atom. The van der Waals surface area contributed by atoms with Gasteiger partial charge in [-0.3, -0.25) is 19.0 Å². The molecule has 9 nitrogen and oxygen atoms in total. The number of nitrogens with one attached hydrogen (secondary N) is 3. The van der Waals surface area contributed by atoms with Crippen molar-refractivity contribution in [1.82, 2.24) is 9.88 Å². The number of benzene rings is 1. The van der Waals surface area contributed by atoms with Crippen LogP contribution in [0.3, 0.4) is 0 Å². The summed E-state index contributed by atoms with van der Waals surface area (Å²) in [5.41, 5.74) is -0.0662. The Kier molecular flexibility index (Phi) is 8.61. The van der Waals surface area contributed by atoms with Crippen molar-refractivity contribution in [3.05, 3.63) is 42.8 Å².